The zero-order valence-electron chi connectivity index (χ0n) is 14.1. The van der Waals surface area contributed by atoms with E-state index in [1.807, 2.05) is 31.2 Å². The first-order valence-electron chi connectivity index (χ1n) is 8.16. The van der Waals surface area contributed by atoms with Crippen molar-refractivity contribution >= 4 is 22.2 Å². The van der Waals surface area contributed by atoms with Gasteiger partial charge in [-0.2, -0.15) is 0 Å². The maximum Gasteiger partial charge on any atom is 0.269 e. The van der Waals surface area contributed by atoms with Crippen LogP contribution < -0.4 is 5.32 Å². The summed E-state index contributed by atoms with van der Waals surface area (Å²) < 4.78 is 14.9. The van der Waals surface area contributed by atoms with Crippen LogP contribution in [0, 0.1) is 12.7 Å². The van der Waals surface area contributed by atoms with Crippen LogP contribution in [0.25, 0.3) is 16.2 Å². The molecule has 26 heavy (non-hydrogen) atoms. The molecule has 0 bridgehead atoms. The molecule has 130 valence electrons. The molecule has 6 heteroatoms. The van der Waals surface area contributed by atoms with Crippen LogP contribution in [0.1, 0.15) is 21.6 Å². The molecule has 0 spiro atoms. The second kappa shape index (κ2) is 6.72. The van der Waals surface area contributed by atoms with E-state index in [9.17, 15) is 9.18 Å². The molecule has 1 N–H and O–H groups in total. The van der Waals surface area contributed by atoms with Gasteiger partial charge in [-0.05, 0) is 36.8 Å². The molecule has 2 aromatic heterocycles. The molecule has 0 aliphatic carbocycles. The molecule has 0 aliphatic rings. The molecule has 2 heterocycles. The highest BCUT2D eigenvalue weighted by molar-refractivity contribution is 7.15. The van der Waals surface area contributed by atoms with Crippen molar-refractivity contribution in [3.63, 3.8) is 0 Å². The summed E-state index contributed by atoms with van der Waals surface area (Å²) in [5.41, 5.74) is 4.30. The van der Waals surface area contributed by atoms with Gasteiger partial charge < -0.3 is 5.32 Å². The van der Waals surface area contributed by atoms with Gasteiger partial charge in [-0.25, -0.2) is 9.37 Å². The van der Waals surface area contributed by atoms with E-state index in [2.05, 4.69) is 10.3 Å². The number of carbonyl (C=O) groups is 1. The second-order valence-electron chi connectivity index (χ2n) is 6.07. The smallest absolute Gasteiger partial charge is 0.269 e. The van der Waals surface area contributed by atoms with E-state index in [0.29, 0.717) is 17.9 Å². The van der Waals surface area contributed by atoms with Crippen LogP contribution in [-0.2, 0) is 6.54 Å². The van der Waals surface area contributed by atoms with Crippen LogP contribution in [0.5, 0.6) is 0 Å². The molecule has 4 rings (SSSR count). The molecule has 0 saturated heterocycles. The Balaban J connectivity index is 1.55. The fourth-order valence-corrected chi connectivity index (χ4v) is 3.54. The molecule has 1 amide bonds. The number of carbonyl (C=O) groups excluding carboxylic acids is 1. The number of aryl methyl sites for hydroxylation is 1. The molecule has 0 saturated carbocycles. The van der Waals surface area contributed by atoms with Crippen molar-refractivity contribution in [2.75, 3.05) is 0 Å². The average Bonchev–Trinajstić information content (AvgIpc) is 3.22. The van der Waals surface area contributed by atoms with E-state index in [4.69, 9.17) is 0 Å². The van der Waals surface area contributed by atoms with Crippen molar-refractivity contribution in [1.82, 2.24) is 14.7 Å². The number of nitrogens with one attached hydrogen (secondary N) is 1. The van der Waals surface area contributed by atoms with Crippen molar-refractivity contribution in [3.05, 3.63) is 82.7 Å². The summed E-state index contributed by atoms with van der Waals surface area (Å²) in [6.45, 7) is 2.50. The first-order valence-corrected chi connectivity index (χ1v) is 9.04. The van der Waals surface area contributed by atoms with E-state index < -0.39 is 0 Å². The Morgan fingerprint density at radius 1 is 1.15 bits per heavy atom. The molecule has 0 atom stereocenters. The van der Waals surface area contributed by atoms with Crippen molar-refractivity contribution < 1.29 is 9.18 Å². The first-order chi connectivity index (χ1) is 12.6. The molecular formula is C20H16FN3OS. The largest absolute Gasteiger partial charge is 0.347 e. The van der Waals surface area contributed by atoms with Crippen molar-refractivity contribution in [1.29, 1.82) is 0 Å². The van der Waals surface area contributed by atoms with Crippen molar-refractivity contribution in [2.24, 2.45) is 0 Å². The summed E-state index contributed by atoms with van der Waals surface area (Å²) in [5.74, 6) is -0.439. The number of benzene rings is 2. The van der Waals surface area contributed by atoms with Crippen LogP contribution >= 0.6 is 11.3 Å². The number of hydrogen-bond acceptors (Lipinski definition) is 3. The monoisotopic (exact) mass is 365 g/mol. The molecule has 0 radical (unpaired) electrons. The number of nitrogens with zero attached hydrogens (tertiary/aromatic N) is 2. The molecule has 4 aromatic rings. The van der Waals surface area contributed by atoms with Gasteiger partial charge in [0.1, 0.15) is 11.5 Å². The van der Waals surface area contributed by atoms with E-state index in [-0.39, 0.29) is 11.7 Å². The van der Waals surface area contributed by atoms with Gasteiger partial charge in [0.15, 0.2) is 4.96 Å². The van der Waals surface area contributed by atoms with E-state index in [1.165, 1.54) is 29.0 Å². The third-order valence-corrected chi connectivity index (χ3v) is 5.00. The SMILES string of the molecule is Cc1ccc(CNC(=O)c2csc3nc(-c4ccc(F)cc4)cn23)cc1. The quantitative estimate of drug-likeness (QED) is 0.581. The van der Waals surface area contributed by atoms with Gasteiger partial charge in [0.05, 0.1) is 5.69 Å². The molecule has 2 aromatic carbocycles. The second-order valence-corrected chi connectivity index (χ2v) is 6.91. The Hall–Kier alpha value is -2.99. The molecular weight excluding hydrogens is 349 g/mol. The highest BCUT2D eigenvalue weighted by atomic mass is 32.1. The number of fused-ring (bicyclic) bond motifs is 1. The van der Waals surface area contributed by atoms with Gasteiger partial charge in [0.25, 0.3) is 5.91 Å². The number of rotatable bonds is 4. The van der Waals surface area contributed by atoms with Gasteiger partial charge in [0.2, 0.25) is 0 Å². The lowest BCUT2D eigenvalue weighted by molar-refractivity contribution is 0.0945. The molecule has 0 unspecified atom stereocenters. The molecule has 4 nitrogen and oxygen atoms in total. The minimum Gasteiger partial charge on any atom is -0.347 e. The van der Waals surface area contributed by atoms with Crippen LogP contribution in [-0.4, -0.2) is 15.3 Å². The van der Waals surface area contributed by atoms with Crippen LogP contribution in [0.3, 0.4) is 0 Å². The number of imidazole rings is 1. The maximum atomic E-state index is 13.1. The Morgan fingerprint density at radius 2 is 1.88 bits per heavy atom. The van der Waals surface area contributed by atoms with Crippen LogP contribution in [0.15, 0.2) is 60.1 Å². The zero-order valence-corrected chi connectivity index (χ0v) is 14.9. The number of halogens is 1. The fraction of sp³-hybridized carbons (Fsp3) is 0.100. The minimum atomic E-state index is -0.286. The molecule has 0 fully saturated rings. The summed E-state index contributed by atoms with van der Waals surface area (Å²) in [4.78, 5) is 17.8. The summed E-state index contributed by atoms with van der Waals surface area (Å²) >= 11 is 1.40. The highest BCUT2D eigenvalue weighted by Crippen LogP contribution is 2.24. The predicted molar refractivity (Wildman–Crippen MR) is 101 cm³/mol. The Morgan fingerprint density at radius 3 is 2.62 bits per heavy atom. The van der Waals surface area contributed by atoms with Crippen molar-refractivity contribution in [3.8, 4) is 11.3 Å². The lowest BCUT2D eigenvalue weighted by Crippen LogP contribution is -2.23. The van der Waals surface area contributed by atoms with Crippen LogP contribution in [0.2, 0.25) is 0 Å². The van der Waals surface area contributed by atoms with Gasteiger partial charge in [-0.3, -0.25) is 9.20 Å². The van der Waals surface area contributed by atoms with E-state index in [0.717, 1.165) is 16.1 Å². The predicted octanol–water partition coefficient (Wildman–Crippen LogP) is 4.44. The normalized spacial score (nSPS) is 11.0. The number of aromatic nitrogens is 2. The molecule has 0 aliphatic heterocycles. The van der Waals surface area contributed by atoms with Gasteiger partial charge in [0, 0.05) is 23.7 Å². The number of hydrogen-bond donors (Lipinski definition) is 1. The Bertz CT molecular complexity index is 1060. The van der Waals surface area contributed by atoms with E-state index in [1.54, 1.807) is 28.1 Å². The summed E-state index contributed by atoms with van der Waals surface area (Å²) in [6, 6.07) is 14.2. The topological polar surface area (TPSA) is 46.4 Å². The lowest BCUT2D eigenvalue weighted by atomic mass is 10.1. The standard InChI is InChI=1S/C20H16FN3OS/c1-13-2-4-14(5-3-13)10-22-19(25)18-12-26-20-23-17(11-24(18)20)15-6-8-16(21)9-7-15/h2-9,11-12H,10H2,1H3,(H,22,25). The number of thiazole rings is 1. The highest BCUT2D eigenvalue weighted by Gasteiger charge is 2.15. The Kier molecular flexibility index (Phi) is 4.26. The Labute approximate surface area is 153 Å². The maximum absolute atomic E-state index is 13.1. The van der Waals surface area contributed by atoms with Crippen molar-refractivity contribution in [2.45, 2.75) is 13.5 Å². The third-order valence-electron chi connectivity index (χ3n) is 4.16. The third kappa shape index (κ3) is 3.23. The summed E-state index contributed by atoms with van der Waals surface area (Å²) in [7, 11) is 0. The lowest BCUT2D eigenvalue weighted by Gasteiger charge is -2.05. The van der Waals surface area contributed by atoms with E-state index >= 15 is 0 Å². The number of amides is 1. The summed E-state index contributed by atoms with van der Waals surface area (Å²) in [5, 5.41) is 4.73. The summed E-state index contributed by atoms with van der Waals surface area (Å²) in [6.07, 6.45) is 1.81. The zero-order chi connectivity index (χ0) is 18.1. The van der Waals surface area contributed by atoms with Gasteiger partial charge in [-0.1, -0.05) is 29.8 Å². The minimum absolute atomic E-state index is 0.153. The fourth-order valence-electron chi connectivity index (χ4n) is 2.69. The van der Waals surface area contributed by atoms with Gasteiger partial charge >= 0.3 is 0 Å². The van der Waals surface area contributed by atoms with Gasteiger partial charge in [-0.15, -0.1) is 11.3 Å². The first kappa shape index (κ1) is 16.5. The van der Waals surface area contributed by atoms with Crippen LogP contribution in [0.4, 0.5) is 4.39 Å². The average molecular weight is 365 g/mol.